The fourth-order valence-electron chi connectivity index (χ4n) is 4.43. The monoisotopic (exact) mass is 560 g/mol. The Morgan fingerprint density at radius 1 is 1.10 bits per heavy atom. The molecule has 5 rings (SSSR count). The number of aromatic carboxylic acids is 1. The van der Waals surface area contributed by atoms with Crippen LogP contribution in [0.4, 0.5) is 11.4 Å². The lowest BCUT2D eigenvalue weighted by atomic mass is 10.0. The molecule has 0 bridgehead atoms. The van der Waals surface area contributed by atoms with Gasteiger partial charge in [0, 0.05) is 23.4 Å². The van der Waals surface area contributed by atoms with Crippen molar-refractivity contribution in [1.82, 2.24) is 10.3 Å². The summed E-state index contributed by atoms with van der Waals surface area (Å²) in [4.78, 5) is 30.1. The van der Waals surface area contributed by atoms with Gasteiger partial charge in [-0.1, -0.05) is 43.6 Å². The third kappa shape index (κ3) is 5.36. The van der Waals surface area contributed by atoms with E-state index in [1.807, 2.05) is 55.1 Å². The van der Waals surface area contributed by atoms with E-state index in [2.05, 4.69) is 15.6 Å². The number of benzene rings is 2. The minimum Gasteiger partial charge on any atom is -0.478 e. The van der Waals surface area contributed by atoms with Crippen LogP contribution in [0.15, 0.2) is 83.4 Å². The Morgan fingerprint density at radius 2 is 1.92 bits per heavy atom. The number of halogens is 1. The number of carbonyl (C=O) groups is 2. The average Bonchev–Trinajstić information content (AvgIpc) is 3.55. The number of aromatic nitrogens is 1. The summed E-state index contributed by atoms with van der Waals surface area (Å²) in [6, 6.07) is 20.4. The minimum absolute atomic E-state index is 0.133. The second-order valence-corrected chi connectivity index (χ2v) is 10.2. The molecule has 0 spiro atoms. The summed E-state index contributed by atoms with van der Waals surface area (Å²) in [6.07, 6.45) is 1.72. The molecule has 0 aliphatic carbocycles. The summed E-state index contributed by atoms with van der Waals surface area (Å²) in [5.74, 6) is -0.215. The Hall–Kier alpha value is -4.21. The maximum atomic E-state index is 12.2. The van der Waals surface area contributed by atoms with Gasteiger partial charge in [-0.2, -0.15) is 0 Å². The van der Waals surface area contributed by atoms with Gasteiger partial charge in [0.25, 0.3) is 0 Å². The van der Waals surface area contributed by atoms with Gasteiger partial charge < -0.3 is 25.1 Å². The number of rotatable bonds is 7. The van der Waals surface area contributed by atoms with Crippen LogP contribution in [0.25, 0.3) is 11.3 Å². The molecule has 3 heterocycles. The molecule has 0 saturated carbocycles. The van der Waals surface area contributed by atoms with Crippen LogP contribution in [0.1, 0.15) is 47.7 Å². The Kier molecular flexibility index (Phi) is 7.36. The molecule has 1 amide bonds. The first-order chi connectivity index (χ1) is 18.7. The number of hydrogen-bond acceptors (Lipinski definition) is 5. The Balaban J connectivity index is 1.55. The third-order valence-electron chi connectivity index (χ3n) is 6.42. The van der Waals surface area contributed by atoms with E-state index >= 15 is 0 Å². The van der Waals surface area contributed by atoms with Gasteiger partial charge in [-0.3, -0.25) is 9.78 Å². The summed E-state index contributed by atoms with van der Waals surface area (Å²) in [7, 11) is 0. The highest BCUT2D eigenvalue weighted by atomic mass is 35.5. The van der Waals surface area contributed by atoms with Gasteiger partial charge in [0.15, 0.2) is 5.11 Å². The first-order valence-corrected chi connectivity index (χ1v) is 13.1. The predicted octanol–water partition coefficient (Wildman–Crippen LogP) is 6.46. The van der Waals surface area contributed by atoms with E-state index in [-0.39, 0.29) is 23.4 Å². The number of nitrogens with zero attached hydrogens (tertiary/aromatic N) is 2. The van der Waals surface area contributed by atoms with Crippen molar-refractivity contribution in [1.29, 1.82) is 0 Å². The number of anilines is 2. The van der Waals surface area contributed by atoms with E-state index in [1.54, 1.807) is 36.5 Å². The fraction of sp³-hybridized carbons (Fsp3) is 0.172. The van der Waals surface area contributed by atoms with Crippen molar-refractivity contribution >= 4 is 52.2 Å². The molecule has 198 valence electrons. The predicted molar refractivity (Wildman–Crippen MR) is 154 cm³/mol. The summed E-state index contributed by atoms with van der Waals surface area (Å²) >= 11 is 12.4. The van der Waals surface area contributed by atoms with Crippen molar-refractivity contribution in [3.05, 3.63) is 101 Å². The number of carboxylic acids is 1. The van der Waals surface area contributed by atoms with E-state index in [0.717, 1.165) is 5.69 Å². The topological polar surface area (TPSA) is 108 Å². The first-order valence-electron chi connectivity index (χ1n) is 12.3. The zero-order chi connectivity index (χ0) is 27.7. The van der Waals surface area contributed by atoms with Crippen molar-refractivity contribution in [2.24, 2.45) is 5.92 Å². The summed E-state index contributed by atoms with van der Waals surface area (Å²) in [5, 5.41) is 16.4. The number of furan rings is 1. The molecule has 3 N–H and O–H groups in total. The zero-order valence-electron chi connectivity index (χ0n) is 21.1. The van der Waals surface area contributed by atoms with E-state index in [9.17, 15) is 14.7 Å². The maximum Gasteiger partial charge on any atom is 0.335 e. The number of carboxylic acid groups (broad SMARTS) is 1. The molecule has 4 aromatic rings. The molecular formula is C29H25ClN4O4S. The van der Waals surface area contributed by atoms with Gasteiger partial charge in [0.05, 0.1) is 28.0 Å². The van der Waals surface area contributed by atoms with Gasteiger partial charge in [-0.25, -0.2) is 4.79 Å². The molecule has 10 heteroatoms. The summed E-state index contributed by atoms with van der Waals surface area (Å²) < 4.78 is 6.32. The zero-order valence-corrected chi connectivity index (χ0v) is 22.7. The van der Waals surface area contributed by atoms with Gasteiger partial charge in [0.2, 0.25) is 5.91 Å². The second-order valence-electron chi connectivity index (χ2n) is 9.39. The fourth-order valence-corrected chi connectivity index (χ4v) is 4.99. The quantitative estimate of drug-likeness (QED) is 0.221. The third-order valence-corrected chi connectivity index (χ3v) is 7.05. The summed E-state index contributed by atoms with van der Waals surface area (Å²) in [6.45, 7) is 3.62. The minimum atomic E-state index is -1.01. The molecule has 1 aliphatic rings. The maximum absolute atomic E-state index is 12.2. The number of nitrogens with one attached hydrogen (secondary N) is 2. The lowest BCUT2D eigenvalue weighted by Gasteiger charge is -2.26. The van der Waals surface area contributed by atoms with Crippen LogP contribution in [-0.2, 0) is 4.79 Å². The standard InChI is InChI=1S/C29H25ClN4O4S/c1-16(2)27(35)32-21-10-9-19(15-20(21)30)34-26(25(33-29(34)39)22-8-3-4-13-31-22)24-12-11-23(38-24)17-6-5-7-18(14-17)28(36)37/h3-16,25-26H,1-2H3,(H,32,35)(H,33,39)(H,36,37)/t25-,26+/m0/s1. The molecule has 1 aliphatic heterocycles. The number of hydrogen-bond donors (Lipinski definition) is 3. The molecule has 0 unspecified atom stereocenters. The second kappa shape index (κ2) is 10.9. The lowest BCUT2D eigenvalue weighted by Crippen LogP contribution is -2.29. The normalized spacial score (nSPS) is 16.8. The van der Waals surface area contributed by atoms with Crippen molar-refractivity contribution < 1.29 is 19.1 Å². The molecule has 1 saturated heterocycles. The van der Waals surface area contributed by atoms with Gasteiger partial charge >= 0.3 is 5.97 Å². The van der Waals surface area contributed by atoms with E-state index in [1.165, 1.54) is 6.07 Å². The highest BCUT2D eigenvalue weighted by Gasteiger charge is 2.42. The SMILES string of the molecule is CC(C)C(=O)Nc1ccc(N2C(=S)N[C@@H](c3ccccn3)[C@H]2c2ccc(-c3cccc(C(=O)O)c3)o2)cc1Cl. The summed E-state index contributed by atoms with van der Waals surface area (Å²) in [5.41, 5.74) is 2.79. The highest BCUT2D eigenvalue weighted by molar-refractivity contribution is 7.80. The van der Waals surface area contributed by atoms with Crippen LogP contribution < -0.4 is 15.5 Å². The highest BCUT2D eigenvalue weighted by Crippen LogP contribution is 2.44. The lowest BCUT2D eigenvalue weighted by molar-refractivity contribution is -0.118. The Bertz CT molecular complexity index is 1560. The molecule has 2 aromatic heterocycles. The largest absolute Gasteiger partial charge is 0.478 e. The number of thiocarbonyl (C=S) groups is 1. The number of pyridine rings is 1. The van der Waals surface area contributed by atoms with Crippen LogP contribution in [0.2, 0.25) is 5.02 Å². The van der Waals surface area contributed by atoms with E-state index in [0.29, 0.717) is 38.6 Å². The molecule has 2 atom stereocenters. The molecule has 39 heavy (non-hydrogen) atoms. The first kappa shape index (κ1) is 26.4. The Labute approximate surface area is 235 Å². The van der Waals surface area contributed by atoms with Crippen LogP contribution in [-0.4, -0.2) is 27.1 Å². The van der Waals surface area contributed by atoms with Crippen molar-refractivity contribution in [2.75, 3.05) is 10.2 Å². The van der Waals surface area contributed by atoms with E-state index in [4.69, 9.17) is 28.2 Å². The number of carbonyl (C=O) groups excluding carboxylic acids is 1. The van der Waals surface area contributed by atoms with Crippen LogP contribution in [0, 0.1) is 5.92 Å². The Morgan fingerprint density at radius 3 is 2.62 bits per heavy atom. The van der Waals surface area contributed by atoms with Gasteiger partial charge in [0.1, 0.15) is 17.6 Å². The van der Waals surface area contributed by atoms with Gasteiger partial charge in [-0.05, 0) is 66.8 Å². The van der Waals surface area contributed by atoms with Crippen molar-refractivity contribution in [2.45, 2.75) is 25.9 Å². The van der Waals surface area contributed by atoms with Crippen LogP contribution >= 0.6 is 23.8 Å². The number of amides is 1. The van der Waals surface area contributed by atoms with Crippen molar-refractivity contribution in [3.8, 4) is 11.3 Å². The van der Waals surface area contributed by atoms with Crippen molar-refractivity contribution in [3.63, 3.8) is 0 Å². The average molecular weight is 561 g/mol. The molecule has 8 nitrogen and oxygen atoms in total. The molecule has 0 radical (unpaired) electrons. The smallest absolute Gasteiger partial charge is 0.335 e. The van der Waals surface area contributed by atoms with Crippen LogP contribution in [0.3, 0.4) is 0 Å². The van der Waals surface area contributed by atoms with E-state index < -0.39 is 12.0 Å². The molecular weight excluding hydrogens is 536 g/mol. The van der Waals surface area contributed by atoms with Crippen LogP contribution in [0.5, 0.6) is 0 Å². The molecule has 1 fully saturated rings. The van der Waals surface area contributed by atoms with Gasteiger partial charge in [-0.15, -0.1) is 0 Å². The molecule has 2 aromatic carbocycles.